The first-order chi connectivity index (χ1) is 7.24. The van der Waals surface area contributed by atoms with Gasteiger partial charge in [-0.05, 0) is 12.1 Å². The first-order valence-electron chi connectivity index (χ1n) is 4.64. The fourth-order valence-corrected chi connectivity index (χ4v) is 1.76. The SMILES string of the molecule is CC(C)(CC(=O)O)c1cc(F)cc(Cl)c1O. The van der Waals surface area contributed by atoms with Gasteiger partial charge >= 0.3 is 5.97 Å². The first kappa shape index (κ1) is 12.8. The van der Waals surface area contributed by atoms with Crippen LogP contribution in [-0.2, 0) is 10.2 Å². The van der Waals surface area contributed by atoms with E-state index in [2.05, 4.69) is 0 Å². The monoisotopic (exact) mass is 246 g/mol. The number of hydrogen-bond acceptors (Lipinski definition) is 2. The Labute approximate surface area is 97.5 Å². The molecule has 2 N–H and O–H groups in total. The van der Waals surface area contributed by atoms with Crippen molar-refractivity contribution in [3.05, 3.63) is 28.5 Å². The largest absolute Gasteiger partial charge is 0.506 e. The molecule has 1 rings (SSSR count). The Morgan fingerprint density at radius 3 is 2.56 bits per heavy atom. The molecule has 0 aliphatic carbocycles. The van der Waals surface area contributed by atoms with Crippen LogP contribution in [-0.4, -0.2) is 16.2 Å². The molecular weight excluding hydrogens is 235 g/mol. The minimum Gasteiger partial charge on any atom is -0.506 e. The van der Waals surface area contributed by atoms with Gasteiger partial charge in [0.15, 0.2) is 0 Å². The molecule has 0 fully saturated rings. The molecule has 0 aliphatic rings. The molecule has 1 aromatic rings. The van der Waals surface area contributed by atoms with Crippen LogP contribution < -0.4 is 0 Å². The maximum absolute atomic E-state index is 13.1. The van der Waals surface area contributed by atoms with E-state index in [1.54, 1.807) is 13.8 Å². The number of rotatable bonds is 3. The molecule has 0 amide bonds. The van der Waals surface area contributed by atoms with Gasteiger partial charge in [-0.1, -0.05) is 25.4 Å². The van der Waals surface area contributed by atoms with Crippen LogP contribution in [0.1, 0.15) is 25.8 Å². The molecule has 0 spiro atoms. The maximum atomic E-state index is 13.1. The van der Waals surface area contributed by atoms with Crippen LogP contribution in [0, 0.1) is 5.82 Å². The molecule has 3 nitrogen and oxygen atoms in total. The van der Waals surface area contributed by atoms with Crippen LogP contribution in [0.3, 0.4) is 0 Å². The highest BCUT2D eigenvalue weighted by Gasteiger charge is 2.28. The van der Waals surface area contributed by atoms with Crippen molar-refractivity contribution in [1.29, 1.82) is 0 Å². The summed E-state index contributed by atoms with van der Waals surface area (Å²) in [6.07, 6.45) is -0.222. The Hall–Kier alpha value is -1.29. The number of aliphatic carboxylic acids is 1. The summed E-state index contributed by atoms with van der Waals surface area (Å²) in [7, 11) is 0. The third-order valence-electron chi connectivity index (χ3n) is 2.35. The van der Waals surface area contributed by atoms with E-state index in [9.17, 15) is 14.3 Å². The second-order valence-corrected chi connectivity index (χ2v) is 4.65. The van der Waals surface area contributed by atoms with Crippen LogP contribution in [0.4, 0.5) is 4.39 Å². The summed E-state index contributed by atoms with van der Waals surface area (Å²) in [5.41, 5.74) is -0.693. The minimum absolute atomic E-state index is 0.117. The molecule has 0 saturated heterocycles. The zero-order valence-electron chi connectivity index (χ0n) is 8.92. The number of phenols is 1. The predicted octanol–water partition coefficient (Wildman–Crippen LogP) is 2.94. The second kappa shape index (κ2) is 4.29. The van der Waals surface area contributed by atoms with E-state index >= 15 is 0 Å². The normalized spacial score (nSPS) is 11.5. The molecular formula is C11H12ClFO3. The van der Waals surface area contributed by atoms with Crippen LogP contribution in [0.5, 0.6) is 5.75 Å². The van der Waals surface area contributed by atoms with Crippen molar-refractivity contribution >= 4 is 17.6 Å². The third kappa shape index (κ3) is 2.64. The van der Waals surface area contributed by atoms with Crippen LogP contribution in [0.2, 0.25) is 5.02 Å². The topological polar surface area (TPSA) is 57.5 Å². The molecule has 88 valence electrons. The summed E-state index contributed by atoms with van der Waals surface area (Å²) < 4.78 is 13.1. The molecule has 0 aromatic heterocycles. The van der Waals surface area contributed by atoms with E-state index in [1.807, 2.05) is 0 Å². The van der Waals surface area contributed by atoms with Gasteiger partial charge in [0.2, 0.25) is 0 Å². The fourth-order valence-electron chi connectivity index (χ4n) is 1.56. The second-order valence-electron chi connectivity index (χ2n) is 4.24. The van der Waals surface area contributed by atoms with E-state index in [4.69, 9.17) is 16.7 Å². The van der Waals surface area contributed by atoms with Gasteiger partial charge in [-0.15, -0.1) is 0 Å². The van der Waals surface area contributed by atoms with E-state index < -0.39 is 17.2 Å². The van der Waals surface area contributed by atoms with Crippen molar-refractivity contribution in [2.75, 3.05) is 0 Å². The highest BCUT2D eigenvalue weighted by atomic mass is 35.5. The first-order valence-corrected chi connectivity index (χ1v) is 5.02. The Morgan fingerprint density at radius 1 is 1.50 bits per heavy atom. The zero-order valence-corrected chi connectivity index (χ0v) is 9.68. The van der Waals surface area contributed by atoms with Crippen molar-refractivity contribution in [1.82, 2.24) is 0 Å². The minimum atomic E-state index is -1.02. The van der Waals surface area contributed by atoms with Crippen LogP contribution >= 0.6 is 11.6 Å². The number of phenolic OH excluding ortho intramolecular Hbond substituents is 1. The molecule has 0 atom stereocenters. The van der Waals surface area contributed by atoms with Crippen LogP contribution in [0.15, 0.2) is 12.1 Å². The van der Waals surface area contributed by atoms with E-state index in [0.29, 0.717) is 0 Å². The standard InChI is InChI=1S/C11H12ClFO3/c1-11(2,5-9(14)15)7-3-6(13)4-8(12)10(7)16/h3-4,16H,5H2,1-2H3,(H,14,15). The van der Waals surface area contributed by atoms with Gasteiger partial charge in [0, 0.05) is 11.0 Å². The molecule has 0 heterocycles. The zero-order chi connectivity index (χ0) is 12.5. The van der Waals surface area contributed by atoms with E-state index in [1.165, 1.54) is 0 Å². The Morgan fingerprint density at radius 2 is 2.06 bits per heavy atom. The van der Waals surface area contributed by atoms with Crippen LogP contribution in [0.25, 0.3) is 0 Å². The number of carboxylic acids is 1. The van der Waals surface area contributed by atoms with Crippen molar-refractivity contribution in [2.24, 2.45) is 0 Å². The molecule has 0 unspecified atom stereocenters. The van der Waals surface area contributed by atoms with Crippen molar-refractivity contribution in [2.45, 2.75) is 25.7 Å². The smallest absolute Gasteiger partial charge is 0.304 e. The Balaban J connectivity index is 3.26. The quantitative estimate of drug-likeness (QED) is 0.862. The summed E-state index contributed by atoms with van der Waals surface area (Å²) in [4.78, 5) is 10.7. The maximum Gasteiger partial charge on any atom is 0.304 e. The molecule has 16 heavy (non-hydrogen) atoms. The number of halogens is 2. The molecule has 5 heteroatoms. The summed E-state index contributed by atoms with van der Waals surface area (Å²) >= 11 is 5.62. The van der Waals surface area contributed by atoms with Gasteiger partial charge in [0.1, 0.15) is 11.6 Å². The van der Waals surface area contributed by atoms with Gasteiger partial charge in [0.05, 0.1) is 11.4 Å². The summed E-state index contributed by atoms with van der Waals surface area (Å²) in [6.45, 7) is 3.21. The summed E-state index contributed by atoms with van der Waals surface area (Å²) in [6, 6.07) is 2.08. The lowest BCUT2D eigenvalue weighted by atomic mass is 9.81. The van der Waals surface area contributed by atoms with Crippen molar-refractivity contribution in [3.8, 4) is 5.75 Å². The third-order valence-corrected chi connectivity index (χ3v) is 2.64. The molecule has 0 bridgehead atoms. The molecule has 0 aliphatic heterocycles. The lowest BCUT2D eigenvalue weighted by molar-refractivity contribution is -0.138. The number of aromatic hydroxyl groups is 1. The van der Waals surface area contributed by atoms with Gasteiger partial charge < -0.3 is 10.2 Å². The Kier molecular flexibility index (Phi) is 3.43. The van der Waals surface area contributed by atoms with Crippen molar-refractivity contribution < 1.29 is 19.4 Å². The Bertz CT molecular complexity index is 429. The lowest BCUT2D eigenvalue weighted by Crippen LogP contribution is -2.22. The summed E-state index contributed by atoms with van der Waals surface area (Å²) in [5, 5.41) is 18.3. The predicted molar refractivity (Wildman–Crippen MR) is 58.4 cm³/mol. The highest BCUT2D eigenvalue weighted by molar-refractivity contribution is 6.32. The van der Waals surface area contributed by atoms with Gasteiger partial charge in [-0.2, -0.15) is 0 Å². The molecule has 1 aromatic carbocycles. The van der Waals surface area contributed by atoms with Gasteiger partial charge in [-0.3, -0.25) is 4.79 Å². The van der Waals surface area contributed by atoms with Gasteiger partial charge in [-0.25, -0.2) is 4.39 Å². The number of hydrogen-bond donors (Lipinski definition) is 2. The highest BCUT2D eigenvalue weighted by Crippen LogP contribution is 2.38. The number of benzene rings is 1. The summed E-state index contributed by atoms with van der Waals surface area (Å²) in [5.74, 6) is -1.89. The van der Waals surface area contributed by atoms with Crippen molar-refractivity contribution in [3.63, 3.8) is 0 Å². The van der Waals surface area contributed by atoms with E-state index in [-0.39, 0.29) is 22.8 Å². The number of carboxylic acid groups (broad SMARTS) is 1. The fraction of sp³-hybridized carbons (Fsp3) is 0.364. The number of carbonyl (C=O) groups is 1. The van der Waals surface area contributed by atoms with E-state index in [0.717, 1.165) is 12.1 Å². The molecule has 0 radical (unpaired) electrons. The molecule has 0 saturated carbocycles. The van der Waals surface area contributed by atoms with Gasteiger partial charge in [0.25, 0.3) is 0 Å². The average molecular weight is 247 g/mol. The average Bonchev–Trinajstić information content (AvgIpc) is 2.08. The lowest BCUT2D eigenvalue weighted by Gasteiger charge is -2.24.